The molecule has 1 amide bonds. The van der Waals surface area contributed by atoms with Crippen LogP contribution in [0.4, 0.5) is 18.9 Å². The lowest BCUT2D eigenvalue weighted by Crippen LogP contribution is -2.38. The molecular formula is C14H16F3NO2. The van der Waals surface area contributed by atoms with E-state index in [0.717, 1.165) is 17.5 Å². The minimum atomic E-state index is -4.49. The monoisotopic (exact) mass is 287 g/mol. The average molecular weight is 287 g/mol. The Labute approximate surface area is 115 Å². The number of ether oxygens (including phenoxy) is 1. The number of amides is 1. The highest BCUT2D eigenvalue weighted by molar-refractivity contribution is 5.96. The SMILES string of the molecule is COc1ccc(C)c2c1N(C(=O)CC(F)(F)F)CCC2. The minimum Gasteiger partial charge on any atom is -0.495 e. The number of hydrogen-bond acceptors (Lipinski definition) is 2. The van der Waals surface area contributed by atoms with Gasteiger partial charge in [0.05, 0.1) is 12.8 Å². The smallest absolute Gasteiger partial charge is 0.397 e. The Morgan fingerprint density at radius 2 is 2.10 bits per heavy atom. The molecule has 1 aliphatic rings. The number of aryl methyl sites for hydroxylation is 1. The summed E-state index contributed by atoms with van der Waals surface area (Å²) >= 11 is 0. The lowest BCUT2D eigenvalue weighted by molar-refractivity contribution is -0.151. The van der Waals surface area contributed by atoms with Crippen LogP contribution in [-0.2, 0) is 11.2 Å². The molecular weight excluding hydrogens is 271 g/mol. The van der Waals surface area contributed by atoms with Gasteiger partial charge in [0.1, 0.15) is 12.2 Å². The summed E-state index contributed by atoms with van der Waals surface area (Å²) in [5.74, 6) is -0.483. The van der Waals surface area contributed by atoms with Gasteiger partial charge in [-0.25, -0.2) is 0 Å². The number of anilines is 1. The molecule has 0 bridgehead atoms. The van der Waals surface area contributed by atoms with E-state index in [4.69, 9.17) is 4.74 Å². The van der Waals surface area contributed by atoms with Crippen molar-refractivity contribution in [2.75, 3.05) is 18.6 Å². The van der Waals surface area contributed by atoms with Crippen LogP contribution in [0.3, 0.4) is 0 Å². The summed E-state index contributed by atoms with van der Waals surface area (Å²) in [7, 11) is 1.45. The second-order valence-electron chi connectivity index (χ2n) is 4.85. The van der Waals surface area contributed by atoms with Crippen LogP contribution in [0.2, 0.25) is 0 Å². The number of rotatable bonds is 2. The number of carbonyl (C=O) groups is 1. The van der Waals surface area contributed by atoms with Crippen LogP contribution >= 0.6 is 0 Å². The maximum atomic E-state index is 12.4. The molecule has 0 saturated heterocycles. The number of benzene rings is 1. The quantitative estimate of drug-likeness (QED) is 0.835. The summed E-state index contributed by atoms with van der Waals surface area (Å²) in [6.45, 7) is 2.18. The number of hydrogen-bond donors (Lipinski definition) is 0. The Hall–Kier alpha value is -1.72. The van der Waals surface area contributed by atoms with Crippen molar-refractivity contribution in [3.8, 4) is 5.75 Å². The summed E-state index contributed by atoms with van der Waals surface area (Å²) in [5, 5.41) is 0. The highest BCUT2D eigenvalue weighted by Gasteiger charge is 2.36. The van der Waals surface area contributed by atoms with E-state index < -0.39 is 18.5 Å². The van der Waals surface area contributed by atoms with Crippen molar-refractivity contribution < 1.29 is 22.7 Å². The molecule has 0 saturated carbocycles. The van der Waals surface area contributed by atoms with Crippen LogP contribution in [0, 0.1) is 6.92 Å². The molecule has 2 rings (SSSR count). The van der Waals surface area contributed by atoms with Gasteiger partial charge in [-0.3, -0.25) is 4.79 Å². The lowest BCUT2D eigenvalue weighted by Gasteiger charge is -2.32. The first-order valence-corrected chi connectivity index (χ1v) is 6.37. The maximum absolute atomic E-state index is 12.4. The fraction of sp³-hybridized carbons (Fsp3) is 0.500. The van der Waals surface area contributed by atoms with E-state index in [0.29, 0.717) is 24.4 Å². The van der Waals surface area contributed by atoms with Crippen molar-refractivity contribution in [3.05, 3.63) is 23.3 Å². The molecule has 0 radical (unpaired) electrons. The first-order chi connectivity index (χ1) is 9.33. The Kier molecular flexibility index (Phi) is 3.92. The second-order valence-corrected chi connectivity index (χ2v) is 4.85. The highest BCUT2D eigenvalue weighted by Crippen LogP contribution is 2.39. The van der Waals surface area contributed by atoms with Gasteiger partial charge in [-0.05, 0) is 37.0 Å². The third-order valence-electron chi connectivity index (χ3n) is 3.43. The van der Waals surface area contributed by atoms with E-state index in [1.807, 2.05) is 13.0 Å². The largest absolute Gasteiger partial charge is 0.495 e. The van der Waals surface area contributed by atoms with Gasteiger partial charge in [0.2, 0.25) is 5.91 Å². The average Bonchev–Trinajstić information content (AvgIpc) is 2.37. The Morgan fingerprint density at radius 3 is 2.70 bits per heavy atom. The van der Waals surface area contributed by atoms with Gasteiger partial charge in [-0.15, -0.1) is 0 Å². The molecule has 20 heavy (non-hydrogen) atoms. The molecule has 1 aromatic rings. The van der Waals surface area contributed by atoms with Crippen molar-refractivity contribution >= 4 is 11.6 Å². The second kappa shape index (κ2) is 5.34. The normalized spacial score (nSPS) is 14.9. The van der Waals surface area contributed by atoms with Gasteiger partial charge >= 0.3 is 6.18 Å². The molecule has 0 fully saturated rings. The molecule has 1 aromatic carbocycles. The highest BCUT2D eigenvalue weighted by atomic mass is 19.4. The molecule has 0 aliphatic carbocycles. The van der Waals surface area contributed by atoms with Crippen molar-refractivity contribution in [2.24, 2.45) is 0 Å². The minimum absolute atomic E-state index is 0.293. The van der Waals surface area contributed by atoms with Gasteiger partial charge in [0.15, 0.2) is 0 Å². The first kappa shape index (κ1) is 14.7. The molecule has 0 N–H and O–H groups in total. The fourth-order valence-corrected chi connectivity index (χ4v) is 2.53. The Balaban J connectivity index is 2.41. The number of alkyl halides is 3. The van der Waals surface area contributed by atoms with Crippen LogP contribution in [0.25, 0.3) is 0 Å². The number of methoxy groups -OCH3 is 1. The molecule has 1 heterocycles. The Morgan fingerprint density at radius 1 is 1.40 bits per heavy atom. The predicted octanol–water partition coefficient (Wildman–Crippen LogP) is 3.24. The summed E-state index contributed by atoms with van der Waals surface area (Å²) in [6, 6.07) is 3.54. The van der Waals surface area contributed by atoms with Gasteiger partial charge < -0.3 is 9.64 Å². The number of carbonyl (C=O) groups excluding carboxylic acids is 1. The van der Waals surface area contributed by atoms with Gasteiger partial charge in [-0.2, -0.15) is 13.2 Å². The van der Waals surface area contributed by atoms with Gasteiger partial charge in [0, 0.05) is 6.54 Å². The van der Waals surface area contributed by atoms with E-state index in [1.54, 1.807) is 6.07 Å². The third-order valence-corrected chi connectivity index (χ3v) is 3.43. The van der Waals surface area contributed by atoms with E-state index in [1.165, 1.54) is 12.0 Å². The number of halogens is 3. The lowest BCUT2D eigenvalue weighted by atomic mass is 9.96. The van der Waals surface area contributed by atoms with E-state index in [9.17, 15) is 18.0 Å². The van der Waals surface area contributed by atoms with E-state index in [2.05, 4.69) is 0 Å². The molecule has 0 spiro atoms. The van der Waals surface area contributed by atoms with Crippen molar-refractivity contribution in [3.63, 3.8) is 0 Å². The van der Waals surface area contributed by atoms with Crippen LogP contribution in [0.5, 0.6) is 5.75 Å². The summed E-state index contributed by atoms with van der Waals surface area (Å²) in [5.41, 5.74) is 2.35. The van der Waals surface area contributed by atoms with Crippen LogP contribution < -0.4 is 9.64 Å². The summed E-state index contributed by atoms with van der Waals surface area (Å²) in [6.07, 6.45) is -4.53. The molecule has 0 aromatic heterocycles. The predicted molar refractivity (Wildman–Crippen MR) is 69.1 cm³/mol. The van der Waals surface area contributed by atoms with Crippen LogP contribution in [0.1, 0.15) is 24.0 Å². The number of fused-ring (bicyclic) bond motifs is 1. The van der Waals surface area contributed by atoms with Crippen molar-refractivity contribution in [1.82, 2.24) is 0 Å². The van der Waals surface area contributed by atoms with Gasteiger partial charge in [-0.1, -0.05) is 6.07 Å². The molecule has 3 nitrogen and oxygen atoms in total. The fourth-order valence-electron chi connectivity index (χ4n) is 2.53. The zero-order valence-electron chi connectivity index (χ0n) is 11.4. The first-order valence-electron chi connectivity index (χ1n) is 6.37. The van der Waals surface area contributed by atoms with Gasteiger partial charge in [0.25, 0.3) is 0 Å². The molecule has 0 unspecified atom stereocenters. The molecule has 0 atom stereocenters. The summed E-state index contributed by atoms with van der Waals surface area (Å²) < 4.78 is 42.5. The van der Waals surface area contributed by atoms with E-state index in [-0.39, 0.29) is 0 Å². The van der Waals surface area contributed by atoms with Crippen LogP contribution in [0.15, 0.2) is 12.1 Å². The van der Waals surface area contributed by atoms with Crippen LogP contribution in [-0.4, -0.2) is 25.7 Å². The van der Waals surface area contributed by atoms with Crippen molar-refractivity contribution in [2.45, 2.75) is 32.4 Å². The maximum Gasteiger partial charge on any atom is 0.397 e. The zero-order valence-corrected chi connectivity index (χ0v) is 11.4. The Bertz CT molecular complexity index is 526. The van der Waals surface area contributed by atoms with E-state index >= 15 is 0 Å². The van der Waals surface area contributed by atoms with Crippen molar-refractivity contribution in [1.29, 1.82) is 0 Å². The summed E-state index contributed by atoms with van der Waals surface area (Å²) in [4.78, 5) is 13.1. The standard InChI is InChI=1S/C14H16F3NO2/c1-9-5-6-11(20-2)13-10(9)4-3-7-18(13)12(19)8-14(15,16)17/h5-6H,3-4,7-8H2,1-2H3. The third kappa shape index (κ3) is 2.89. The molecule has 110 valence electrons. The number of nitrogens with zero attached hydrogens (tertiary/aromatic N) is 1. The zero-order chi connectivity index (χ0) is 14.9. The molecule has 6 heteroatoms. The molecule has 1 aliphatic heterocycles. The topological polar surface area (TPSA) is 29.5 Å².